The van der Waals surface area contributed by atoms with Crippen LogP contribution < -0.4 is 10.7 Å². The van der Waals surface area contributed by atoms with Gasteiger partial charge in [0, 0.05) is 6.20 Å². The van der Waals surface area contributed by atoms with E-state index in [0.717, 1.165) is 5.56 Å². The summed E-state index contributed by atoms with van der Waals surface area (Å²) in [5.41, 5.74) is 3.23. The second kappa shape index (κ2) is 5.04. The molecule has 2 N–H and O–H groups in total. The first-order chi connectivity index (χ1) is 8.65. The lowest BCUT2D eigenvalue weighted by molar-refractivity contribution is -0.133. The smallest absolute Gasteiger partial charge is 0.302 e. The third kappa shape index (κ3) is 2.88. The number of amides is 2. The maximum atomic E-state index is 11.5. The quantitative estimate of drug-likeness (QED) is 0.708. The summed E-state index contributed by atoms with van der Waals surface area (Å²) in [6.45, 7) is 1.87. The molecule has 0 bridgehead atoms. The van der Waals surface area contributed by atoms with Crippen LogP contribution in [0.1, 0.15) is 5.56 Å². The molecule has 8 nitrogen and oxygen atoms in total. The highest BCUT2D eigenvalue weighted by molar-refractivity contribution is 6.42. The van der Waals surface area contributed by atoms with Crippen molar-refractivity contribution in [2.45, 2.75) is 6.92 Å². The summed E-state index contributed by atoms with van der Waals surface area (Å²) in [5.74, 6) is -1.35. The molecule has 0 radical (unpaired) electrons. The minimum atomic E-state index is -0.836. The summed E-state index contributed by atoms with van der Waals surface area (Å²) in [5, 5.41) is 9.33. The Hall–Kier alpha value is -2.77. The molecule has 92 valence electrons. The second-order valence-electron chi connectivity index (χ2n) is 3.48. The second-order valence-corrected chi connectivity index (χ2v) is 3.48. The first kappa shape index (κ1) is 11.7. The van der Waals surface area contributed by atoms with Gasteiger partial charge in [-0.25, -0.2) is 9.66 Å². The maximum Gasteiger partial charge on any atom is 0.328 e. The molecule has 0 aliphatic carbocycles. The number of anilines is 1. The molecule has 18 heavy (non-hydrogen) atoms. The van der Waals surface area contributed by atoms with Gasteiger partial charge in [-0.05, 0) is 18.6 Å². The normalized spacial score (nSPS) is 9.83. The van der Waals surface area contributed by atoms with Crippen LogP contribution in [0.15, 0.2) is 31.0 Å². The van der Waals surface area contributed by atoms with Gasteiger partial charge in [-0.2, -0.15) is 0 Å². The third-order valence-corrected chi connectivity index (χ3v) is 2.01. The Morgan fingerprint density at radius 2 is 1.89 bits per heavy atom. The van der Waals surface area contributed by atoms with Gasteiger partial charge in [0.1, 0.15) is 18.5 Å². The van der Waals surface area contributed by atoms with Crippen molar-refractivity contribution in [2.24, 2.45) is 0 Å². The SMILES string of the molecule is Cc1ccc(NC(=O)C(=O)Nn2cnnc2)nc1. The van der Waals surface area contributed by atoms with Crippen molar-refractivity contribution in [2.75, 3.05) is 10.7 Å². The van der Waals surface area contributed by atoms with E-state index >= 15 is 0 Å². The summed E-state index contributed by atoms with van der Waals surface area (Å²) in [6.07, 6.45) is 4.11. The van der Waals surface area contributed by atoms with Gasteiger partial charge in [0.05, 0.1) is 0 Å². The molecule has 2 rings (SSSR count). The average molecular weight is 246 g/mol. The Morgan fingerprint density at radius 3 is 2.50 bits per heavy atom. The molecule has 0 fully saturated rings. The Kier molecular flexibility index (Phi) is 3.28. The van der Waals surface area contributed by atoms with Crippen molar-refractivity contribution in [3.8, 4) is 0 Å². The summed E-state index contributed by atoms with van der Waals surface area (Å²) >= 11 is 0. The highest BCUT2D eigenvalue weighted by Gasteiger charge is 2.14. The van der Waals surface area contributed by atoms with E-state index in [-0.39, 0.29) is 0 Å². The minimum absolute atomic E-state index is 0.310. The van der Waals surface area contributed by atoms with Crippen LogP contribution >= 0.6 is 0 Å². The molecule has 2 amide bonds. The van der Waals surface area contributed by atoms with Crippen molar-refractivity contribution in [1.82, 2.24) is 19.9 Å². The summed E-state index contributed by atoms with van der Waals surface area (Å²) in [6, 6.07) is 3.39. The van der Waals surface area contributed by atoms with E-state index in [9.17, 15) is 9.59 Å². The molecule has 0 aliphatic rings. The van der Waals surface area contributed by atoms with Crippen molar-refractivity contribution in [3.63, 3.8) is 0 Å². The van der Waals surface area contributed by atoms with Gasteiger partial charge in [-0.3, -0.25) is 15.0 Å². The number of pyridine rings is 1. The number of carbonyl (C=O) groups excluding carboxylic acids is 2. The van der Waals surface area contributed by atoms with Crippen LogP contribution in [-0.4, -0.2) is 31.7 Å². The van der Waals surface area contributed by atoms with E-state index in [1.807, 2.05) is 6.92 Å². The van der Waals surface area contributed by atoms with E-state index in [1.165, 1.54) is 17.3 Å². The van der Waals surface area contributed by atoms with E-state index in [4.69, 9.17) is 0 Å². The largest absolute Gasteiger partial charge is 0.328 e. The number of hydrogen-bond donors (Lipinski definition) is 2. The van der Waals surface area contributed by atoms with Gasteiger partial charge >= 0.3 is 11.8 Å². The monoisotopic (exact) mass is 246 g/mol. The zero-order chi connectivity index (χ0) is 13.0. The number of nitrogens with one attached hydrogen (secondary N) is 2. The van der Waals surface area contributed by atoms with Crippen LogP contribution in [0, 0.1) is 6.92 Å². The molecule has 0 atom stereocenters. The lowest BCUT2D eigenvalue weighted by atomic mass is 10.3. The van der Waals surface area contributed by atoms with Crippen LogP contribution in [0.5, 0.6) is 0 Å². The maximum absolute atomic E-state index is 11.5. The fourth-order valence-corrected chi connectivity index (χ4v) is 1.14. The topological polar surface area (TPSA) is 102 Å². The number of nitrogens with zero attached hydrogens (tertiary/aromatic N) is 4. The van der Waals surface area contributed by atoms with Gasteiger partial charge in [0.25, 0.3) is 0 Å². The molecule has 2 aromatic heterocycles. The molecule has 0 saturated carbocycles. The standard InChI is InChI=1S/C10H10N6O2/c1-7-2-3-8(11-4-7)14-9(17)10(18)15-16-5-12-13-6-16/h2-6H,1H3,(H,15,18)(H,11,14,17). The molecule has 8 heteroatoms. The predicted octanol–water partition coefficient (Wildman–Crippen LogP) is -0.310. The highest BCUT2D eigenvalue weighted by Crippen LogP contribution is 2.03. The van der Waals surface area contributed by atoms with Gasteiger partial charge in [-0.1, -0.05) is 6.07 Å². The predicted molar refractivity (Wildman–Crippen MR) is 62.0 cm³/mol. The van der Waals surface area contributed by atoms with Crippen molar-refractivity contribution >= 4 is 17.6 Å². The number of aryl methyl sites for hydroxylation is 1. The summed E-state index contributed by atoms with van der Waals surface area (Å²) < 4.78 is 1.17. The lowest BCUT2D eigenvalue weighted by Gasteiger charge is -2.05. The lowest BCUT2D eigenvalue weighted by Crippen LogP contribution is -2.33. The van der Waals surface area contributed by atoms with Gasteiger partial charge in [0.15, 0.2) is 0 Å². The molecular formula is C10H10N6O2. The molecule has 0 aromatic carbocycles. The zero-order valence-electron chi connectivity index (χ0n) is 9.49. The fourth-order valence-electron chi connectivity index (χ4n) is 1.14. The van der Waals surface area contributed by atoms with Crippen LogP contribution in [-0.2, 0) is 9.59 Å². The molecule has 2 aromatic rings. The van der Waals surface area contributed by atoms with Gasteiger partial charge in [0.2, 0.25) is 0 Å². The number of aromatic nitrogens is 4. The van der Waals surface area contributed by atoms with Crippen molar-refractivity contribution in [3.05, 3.63) is 36.5 Å². The molecule has 0 saturated heterocycles. The van der Waals surface area contributed by atoms with E-state index in [2.05, 4.69) is 25.9 Å². The number of rotatable bonds is 2. The van der Waals surface area contributed by atoms with E-state index in [1.54, 1.807) is 18.3 Å². The van der Waals surface area contributed by atoms with Crippen molar-refractivity contribution < 1.29 is 9.59 Å². The van der Waals surface area contributed by atoms with Crippen molar-refractivity contribution in [1.29, 1.82) is 0 Å². The minimum Gasteiger partial charge on any atom is -0.302 e. The highest BCUT2D eigenvalue weighted by atomic mass is 16.2. The zero-order valence-corrected chi connectivity index (χ0v) is 9.49. The number of hydrogen-bond acceptors (Lipinski definition) is 5. The molecule has 0 aliphatic heterocycles. The summed E-state index contributed by atoms with van der Waals surface area (Å²) in [7, 11) is 0. The first-order valence-electron chi connectivity index (χ1n) is 5.05. The van der Waals surface area contributed by atoms with Gasteiger partial charge < -0.3 is 5.32 Å². The summed E-state index contributed by atoms with van der Waals surface area (Å²) in [4.78, 5) is 26.9. The van der Waals surface area contributed by atoms with E-state index in [0.29, 0.717) is 5.82 Å². The molecule has 2 heterocycles. The molecule has 0 unspecified atom stereocenters. The average Bonchev–Trinajstić information content (AvgIpc) is 2.85. The third-order valence-electron chi connectivity index (χ3n) is 2.01. The van der Waals surface area contributed by atoms with Crippen LogP contribution in [0.3, 0.4) is 0 Å². The van der Waals surface area contributed by atoms with Crippen LogP contribution in [0.4, 0.5) is 5.82 Å². The first-order valence-corrected chi connectivity index (χ1v) is 5.05. The Morgan fingerprint density at radius 1 is 1.17 bits per heavy atom. The fraction of sp³-hybridized carbons (Fsp3) is 0.100. The molecular weight excluding hydrogens is 236 g/mol. The van der Waals surface area contributed by atoms with Crippen LogP contribution in [0.2, 0.25) is 0 Å². The van der Waals surface area contributed by atoms with Crippen LogP contribution in [0.25, 0.3) is 0 Å². The number of carbonyl (C=O) groups is 2. The molecule has 0 spiro atoms. The Labute approximate surface area is 102 Å². The van der Waals surface area contributed by atoms with Gasteiger partial charge in [-0.15, -0.1) is 10.2 Å². The Balaban J connectivity index is 1.95. The van der Waals surface area contributed by atoms with E-state index < -0.39 is 11.8 Å². The Bertz CT molecular complexity index is 548.